The minimum absolute atomic E-state index is 0.0105. The Morgan fingerprint density at radius 2 is 1.71 bits per heavy atom. The molecule has 1 heterocycles. The van der Waals surface area contributed by atoms with Gasteiger partial charge in [0, 0.05) is 6.20 Å². The third-order valence-corrected chi connectivity index (χ3v) is 5.55. The molecule has 1 amide bonds. The number of nitrogens with zero attached hydrogens (tertiary/aromatic N) is 1. The van der Waals surface area contributed by atoms with Gasteiger partial charge in [-0.25, -0.2) is 22.0 Å². The molecule has 0 unspecified atom stereocenters. The molecule has 152 valence electrons. The van der Waals surface area contributed by atoms with E-state index in [2.05, 4.69) is 5.32 Å². The van der Waals surface area contributed by atoms with Crippen molar-refractivity contribution in [2.75, 3.05) is 0 Å². The largest absolute Gasteiger partial charge is 0.478 e. The number of hydrogen-bond acceptors (Lipinski definition) is 5. The average Bonchev–Trinajstić information content (AvgIpc) is 2.99. The summed E-state index contributed by atoms with van der Waals surface area (Å²) in [6, 6.07) is 6.45. The van der Waals surface area contributed by atoms with Gasteiger partial charge in [-0.1, -0.05) is 17.7 Å². The fourth-order valence-corrected chi connectivity index (χ4v) is 4.06. The first-order valence-electron chi connectivity index (χ1n) is 8.59. The zero-order valence-corrected chi connectivity index (χ0v) is 17.2. The topological polar surface area (TPSA) is 115 Å². The Labute approximate surface area is 164 Å². The van der Waals surface area contributed by atoms with E-state index in [0.717, 1.165) is 9.54 Å². The van der Waals surface area contributed by atoms with Crippen molar-refractivity contribution in [1.29, 1.82) is 0 Å². The van der Waals surface area contributed by atoms with Crippen molar-refractivity contribution in [2.45, 2.75) is 51.2 Å². The van der Waals surface area contributed by atoms with E-state index in [-0.39, 0.29) is 16.2 Å². The molecule has 0 fully saturated rings. The molecule has 0 aliphatic rings. The highest BCUT2D eigenvalue weighted by atomic mass is 32.2. The van der Waals surface area contributed by atoms with Crippen LogP contribution in [-0.4, -0.2) is 35.2 Å². The van der Waals surface area contributed by atoms with Crippen molar-refractivity contribution in [3.63, 3.8) is 0 Å². The lowest BCUT2D eigenvalue weighted by Crippen LogP contribution is -2.35. The fraction of sp³-hybridized carbons (Fsp3) is 0.368. The molecule has 2 N–H and O–H groups in total. The number of ether oxygens (including phenoxy) is 1. The number of carboxylic acid groups (broad SMARTS) is 1. The summed E-state index contributed by atoms with van der Waals surface area (Å²) >= 11 is 0. The standard InChI is InChI=1S/C19H24N2O6S/c1-12-6-8-14(9-7-12)28(25,26)21-11-10-15(17(22)23)16(21)13(2)20-18(24)27-19(3,4)5/h6-11,13H,1-5H3,(H,20,24)(H,22,23)/t13-/m1/s1. The summed E-state index contributed by atoms with van der Waals surface area (Å²) in [6.07, 6.45) is 0.387. The Morgan fingerprint density at radius 3 is 2.21 bits per heavy atom. The number of aromatic nitrogens is 1. The minimum Gasteiger partial charge on any atom is -0.478 e. The molecule has 0 spiro atoms. The maximum atomic E-state index is 13.0. The molecule has 0 saturated carbocycles. The highest BCUT2D eigenvalue weighted by molar-refractivity contribution is 7.90. The summed E-state index contributed by atoms with van der Waals surface area (Å²) in [7, 11) is -4.05. The number of aromatic carboxylic acids is 1. The molecule has 1 aromatic heterocycles. The van der Waals surface area contributed by atoms with Crippen molar-refractivity contribution in [3.05, 3.63) is 53.3 Å². The van der Waals surface area contributed by atoms with Crippen LogP contribution in [0.5, 0.6) is 0 Å². The number of aryl methyl sites for hydroxylation is 1. The molecule has 1 atom stereocenters. The molecular formula is C19H24N2O6S. The molecule has 9 heteroatoms. The molecule has 8 nitrogen and oxygen atoms in total. The van der Waals surface area contributed by atoms with Gasteiger partial charge < -0.3 is 15.2 Å². The second kappa shape index (κ2) is 7.67. The highest BCUT2D eigenvalue weighted by Crippen LogP contribution is 2.25. The molecule has 0 radical (unpaired) electrons. The molecule has 2 aromatic rings. The Kier molecular flexibility index (Phi) is 5.88. The van der Waals surface area contributed by atoms with Crippen LogP contribution in [0.25, 0.3) is 0 Å². The molecular weight excluding hydrogens is 384 g/mol. The smallest absolute Gasteiger partial charge is 0.408 e. The number of benzene rings is 1. The summed E-state index contributed by atoms with van der Waals surface area (Å²) in [5.41, 5.74) is -0.161. The molecule has 0 aliphatic heterocycles. The first-order chi connectivity index (χ1) is 12.8. The number of carbonyl (C=O) groups is 2. The highest BCUT2D eigenvalue weighted by Gasteiger charge is 2.29. The quantitative estimate of drug-likeness (QED) is 0.784. The van der Waals surface area contributed by atoms with Crippen molar-refractivity contribution in [3.8, 4) is 0 Å². The van der Waals surface area contributed by atoms with Crippen molar-refractivity contribution >= 4 is 22.1 Å². The maximum absolute atomic E-state index is 13.0. The van der Waals surface area contributed by atoms with Crippen LogP contribution in [0.15, 0.2) is 41.4 Å². The normalized spacial score (nSPS) is 13.0. The van der Waals surface area contributed by atoms with E-state index in [0.29, 0.717) is 0 Å². The van der Waals surface area contributed by atoms with E-state index >= 15 is 0 Å². The number of carbonyl (C=O) groups excluding carboxylic acids is 1. The van der Waals surface area contributed by atoms with Gasteiger partial charge in [0.2, 0.25) is 0 Å². The second-order valence-electron chi connectivity index (χ2n) is 7.40. The predicted octanol–water partition coefficient (Wildman–Crippen LogP) is 3.32. The summed E-state index contributed by atoms with van der Waals surface area (Å²) < 4.78 is 32.1. The third kappa shape index (κ3) is 4.72. The monoisotopic (exact) mass is 408 g/mol. The lowest BCUT2D eigenvalue weighted by molar-refractivity contribution is 0.0503. The maximum Gasteiger partial charge on any atom is 0.408 e. The number of nitrogens with one attached hydrogen (secondary N) is 1. The first kappa shape index (κ1) is 21.5. The van der Waals surface area contributed by atoms with Crippen molar-refractivity contribution < 1.29 is 27.9 Å². The fourth-order valence-electron chi connectivity index (χ4n) is 2.62. The average molecular weight is 408 g/mol. The van der Waals surface area contributed by atoms with Gasteiger partial charge in [-0.3, -0.25) is 0 Å². The second-order valence-corrected chi connectivity index (χ2v) is 9.22. The van der Waals surface area contributed by atoms with E-state index in [1.165, 1.54) is 31.3 Å². The van der Waals surface area contributed by atoms with Gasteiger partial charge >= 0.3 is 12.1 Å². The number of carboxylic acids is 1. The van der Waals surface area contributed by atoms with Crippen LogP contribution < -0.4 is 5.32 Å². The van der Waals surface area contributed by atoms with Crippen LogP contribution in [-0.2, 0) is 14.8 Å². The predicted molar refractivity (Wildman–Crippen MR) is 103 cm³/mol. The number of hydrogen-bond donors (Lipinski definition) is 2. The summed E-state index contributed by atoms with van der Waals surface area (Å²) in [6.45, 7) is 8.37. The molecule has 28 heavy (non-hydrogen) atoms. The van der Waals surface area contributed by atoms with Crippen LogP contribution in [0.4, 0.5) is 4.79 Å². The van der Waals surface area contributed by atoms with E-state index in [1.54, 1.807) is 32.9 Å². The molecule has 0 saturated heterocycles. The van der Waals surface area contributed by atoms with Gasteiger partial charge in [-0.2, -0.15) is 0 Å². The minimum atomic E-state index is -4.05. The van der Waals surface area contributed by atoms with E-state index < -0.39 is 33.7 Å². The van der Waals surface area contributed by atoms with E-state index in [9.17, 15) is 23.1 Å². The van der Waals surface area contributed by atoms with Gasteiger partial charge in [0.15, 0.2) is 0 Å². The SMILES string of the molecule is Cc1ccc(S(=O)(=O)n2ccc(C(=O)O)c2[C@@H](C)NC(=O)OC(C)(C)C)cc1. The Balaban J connectivity index is 2.49. The molecule has 0 aliphatic carbocycles. The van der Waals surface area contributed by atoms with Crippen LogP contribution in [0.2, 0.25) is 0 Å². The van der Waals surface area contributed by atoms with E-state index in [1.807, 2.05) is 6.92 Å². The van der Waals surface area contributed by atoms with Gasteiger partial charge in [0.05, 0.1) is 22.2 Å². The van der Waals surface area contributed by atoms with Crippen LogP contribution in [0.1, 0.15) is 55.4 Å². The van der Waals surface area contributed by atoms with Crippen LogP contribution in [0, 0.1) is 6.92 Å². The first-order valence-corrected chi connectivity index (χ1v) is 10.0. The molecule has 1 aromatic carbocycles. The van der Waals surface area contributed by atoms with Gasteiger partial charge in [-0.05, 0) is 52.8 Å². The summed E-state index contributed by atoms with van der Waals surface area (Å²) in [5.74, 6) is -1.30. The van der Waals surface area contributed by atoms with E-state index in [4.69, 9.17) is 4.74 Å². The van der Waals surface area contributed by atoms with Crippen molar-refractivity contribution in [1.82, 2.24) is 9.29 Å². The Hall–Kier alpha value is -2.81. The lowest BCUT2D eigenvalue weighted by Gasteiger charge is -2.23. The van der Waals surface area contributed by atoms with Crippen molar-refractivity contribution in [2.24, 2.45) is 0 Å². The summed E-state index contributed by atoms with van der Waals surface area (Å²) in [5, 5.41) is 12.0. The molecule has 0 bridgehead atoms. The van der Waals surface area contributed by atoms with Crippen LogP contribution >= 0.6 is 0 Å². The number of amides is 1. The van der Waals surface area contributed by atoms with Gasteiger partial charge in [-0.15, -0.1) is 0 Å². The molecule has 2 rings (SSSR count). The van der Waals surface area contributed by atoms with Gasteiger partial charge in [0.25, 0.3) is 10.0 Å². The lowest BCUT2D eigenvalue weighted by atomic mass is 10.1. The third-order valence-electron chi connectivity index (χ3n) is 3.84. The number of alkyl carbamates (subject to hydrolysis) is 1. The number of rotatable bonds is 5. The van der Waals surface area contributed by atoms with Gasteiger partial charge in [0.1, 0.15) is 5.60 Å². The zero-order valence-electron chi connectivity index (χ0n) is 16.4. The Bertz CT molecular complexity index is 984. The Morgan fingerprint density at radius 1 is 1.14 bits per heavy atom. The van der Waals surface area contributed by atoms with Crippen LogP contribution in [0.3, 0.4) is 0 Å². The summed E-state index contributed by atoms with van der Waals surface area (Å²) in [4.78, 5) is 23.7. The zero-order chi connectivity index (χ0) is 21.3.